The highest BCUT2D eigenvalue weighted by Gasteiger charge is 2.25. The Bertz CT molecular complexity index is 337. The minimum absolute atomic E-state index is 0.216. The molecule has 19 heavy (non-hydrogen) atoms. The SMILES string of the molecule is C=CC1=C(CC)CN(C(=O)OC(C)(C)C)CC1.CC. The minimum Gasteiger partial charge on any atom is -0.444 e. The number of hydrogen-bond donors (Lipinski definition) is 0. The number of nitrogens with zero attached hydrogens (tertiary/aromatic N) is 1. The molecule has 0 unspecified atom stereocenters. The molecule has 0 bridgehead atoms. The highest BCUT2D eigenvalue weighted by atomic mass is 16.6. The summed E-state index contributed by atoms with van der Waals surface area (Å²) in [5.74, 6) is 0. The molecule has 0 atom stereocenters. The molecule has 110 valence electrons. The van der Waals surface area contributed by atoms with Crippen molar-refractivity contribution in [2.24, 2.45) is 0 Å². The second-order valence-electron chi connectivity index (χ2n) is 5.34. The second-order valence-corrected chi connectivity index (χ2v) is 5.34. The van der Waals surface area contributed by atoms with Gasteiger partial charge in [-0.2, -0.15) is 0 Å². The molecule has 0 N–H and O–H groups in total. The van der Waals surface area contributed by atoms with E-state index in [1.54, 1.807) is 4.90 Å². The number of amides is 1. The smallest absolute Gasteiger partial charge is 0.410 e. The van der Waals surface area contributed by atoms with Crippen molar-refractivity contribution in [3.63, 3.8) is 0 Å². The summed E-state index contributed by atoms with van der Waals surface area (Å²) in [6, 6.07) is 0. The van der Waals surface area contributed by atoms with Gasteiger partial charge >= 0.3 is 6.09 Å². The van der Waals surface area contributed by atoms with Crippen LogP contribution in [-0.4, -0.2) is 29.7 Å². The zero-order valence-electron chi connectivity index (χ0n) is 13.4. The third kappa shape index (κ3) is 5.95. The van der Waals surface area contributed by atoms with E-state index in [2.05, 4.69) is 13.5 Å². The Morgan fingerprint density at radius 3 is 2.42 bits per heavy atom. The predicted molar refractivity (Wildman–Crippen MR) is 81.3 cm³/mol. The maximum atomic E-state index is 11.9. The van der Waals surface area contributed by atoms with Gasteiger partial charge in [0.25, 0.3) is 0 Å². The average Bonchev–Trinajstić information content (AvgIpc) is 2.38. The Labute approximate surface area is 118 Å². The fraction of sp³-hybridized carbons (Fsp3) is 0.688. The number of ether oxygens (including phenoxy) is 1. The summed E-state index contributed by atoms with van der Waals surface area (Å²) in [5, 5.41) is 0. The van der Waals surface area contributed by atoms with Crippen molar-refractivity contribution in [1.82, 2.24) is 4.90 Å². The highest BCUT2D eigenvalue weighted by molar-refractivity contribution is 5.69. The summed E-state index contributed by atoms with van der Waals surface area (Å²) in [6.45, 7) is 17.0. The monoisotopic (exact) mass is 267 g/mol. The fourth-order valence-corrected chi connectivity index (χ4v) is 1.91. The first kappa shape index (κ1) is 17.8. The van der Waals surface area contributed by atoms with Gasteiger partial charge in [0.05, 0.1) is 0 Å². The summed E-state index contributed by atoms with van der Waals surface area (Å²) < 4.78 is 5.38. The standard InChI is InChI=1S/C14H23NO2.C2H6/c1-6-11-8-9-15(10-12(11)7-2)13(16)17-14(3,4)5;1-2/h6H,1,7-10H2,2-5H3;1-2H3. The summed E-state index contributed by atoms with van der Waals surface area (Å²) >= 11 is 0. The van der Waals surface area contributed by atoms with E-state index in [-0.39, 0.29) is 6.09 Å². The van der Waals surface area contributed by atoms with Gasteiger partial charge in [0.2, 0.25) is 0 Å². The van der Waals surface area contributed by atoms with Gasteiger partial charge < -0.3 is 9.64 Å². The maximum Gasteiger partial charge on any atom is 0.410 e. The second kappa shape index (κ2) is 8.03. The summed E-state index contributed by atoms with van der Waals surface area (Å²) in [4.78, 5) is 13.7. The molecule has 0 aliphatic carbocycles. The quantitative estimate of drug-likeness (QED) is 0.734. The molecule has 3 nitrogen and oxygen atoms in total. The zero-order chi connectivity index (χ0) is 15.1. The molecule has 1 aliphatic rings. The number of allylic oxidation sites excluding steroid dienone is 1. The molecule has 0 aromatic carbocycles. The molecule has 1 rings (SSSR count). The van der Waals surface area contributed by atoms with Crippen LogP contribution in [0.2, 0.25) is 0 Å². The van der Waals surface area contributed by atoms with Gasteiger partial charge in [0.1, 0.15) is 5.60 Å². The van der Waals surface area contributed by atoms with Gasteiger partial charge in [0.15, 0.2) is 0 Å². The van der Waals surface area contributed by atoms with E-state index in [1.807, 2.05) is 40.7 Å². The first-order valence-corrected chi connectivity index (χ1v) is 7.18. The van der Waals surface area contributed by atoms with Crippen LogP contribution in [0.15, 0.2) is 23.8 Å². The van der Waals surface area contributed by atoms with Gasteiger partial charge in [-0.05, 0) is 44.8 Å². The van der Waals surface area contributed by atoms with Crippen molar-refractivity contribution in [2.75, 3.05) is 13.1 Å². The molecular formula is C16H29NO2. The van der Waals surface area contributed by atoms with E-state index < -0.39 is 5.60 Å². The Balaban J connectivity index is 0.00000154. The Hall–Kier alpha value is -1.25. The lowest BCUT2D eigenvalue weighted by Crippen LogP contribution is -2.40. The van der Waals surface area contributed by atoms with Crippen molar-refractivity contribution in [3.05, 3.63) is 23.8 Å². The molecular weight excluding hydrogens is 238 g/mol. The topological polar surface area (TPSA) is 29.5 Å². The highest BCUT2D eigenvalue weighted by Crippen LogP contribution is 2.22. The molecule has 0 radical (unpaired) electrons. The van der Waals surface area contributed by atoms with E-state index in [1.165, 1.54) is 11.1 Å². The molecule has 1 amide bonds. The molecule has 0 saturated carbocycles. The normalized spacial score (nSPS) is 15.6. The summed E-state index contributed by atoms with van der Waals surface area (Å²) in [5.41, 5.74) is 2.15. The fourth-order valence-electron chi connectivity index (χ4n) is 1.91. The van der Waals surface area contributed by atoms with Crippen LogP contribution in [0.4, 0.5) is 4.79 Å². The lowest BCUT2D eigenvalue weighted by Gasteiger charge is -2.31. The summed E-state index contributed by atoms with van der Waals surface area (Å²) in [6.07, 6.45) is 3.53. The Kier molecular flexibility index (Phi) is 7.50. The predicted octanol–water partition coefficient (Wildman–Crippen LogP) is 4.55. The minimum atomic E-state index is -0.425. The van der Waals surface area contributed by atoms with E-state index in [9.17, 15) is 4.79 Å². The van der Waals surface area contributed by atoms with Gasteiger partial charge in [-0.15, -0.1) is 0 Å². The lowest BCUT2D eigenvalue weighted by molar-refractivity contribution is 0.0259. The van der Waals surface area contributed by atoms with Crippen molar-refractivity contribution in [2.45, 2.75) is 60.0 Å². The largest absolute Gasteiger partial charge is 0.444 e. The Morgan fingerprint density at radius 2 is 2.00 bits per heavy atom. The first-order chi connectivity index (χ1) is 8.87. The van der Waals surface area contributed by atoms with Crippen molar-refractivity contribution >= 4 is 6.09 Å². The summed E-state index contributed by atoms with van der Waals surface area (Å²) in [7, 11) is 0. The molecule has 0 saturated heterocycles. The third-order valence-corrected chi connectivity index (χ3v) is 2.81. The number of carbonyl (C=O) groups excluding carboxylic acids is 1. The third-order valence-electron chi connectivity index (χ3n) is 2.81. The van der Waals surface area contributed by atoms with Crippen LogP contribution in [0.3, 0.4) is 0 Å². The van der Waals surface area contributed by atoms with Gasteiger partial charge in [-0.1, -0.05) is 33.4 Å². The van der Waals surface area contributed by atoms with Crippen LogP contribution in [0.5, 0.6) is 0 Å². The van der Waals surface area contributed by atoms with Gasteiger partial charge in [0, 0.05) is 13.1 Å². The van der Waals surface area contributed by atoms with Gasteiger partial charge in [-0.25, -0.2) is 4.79 Å². The number of rotatable bonds is 2. The van der Waals surface area contributed by atoms with Crippen LogP contribution in [0.25, 0.3) is 0 Å². The molecule has 1 heterocycles. The van der Waals surface area contributed by atoms with E-state index >= 15 is 0 Å². The van der Waals surface area contributed by atoms with Crippen LogP contribution in [0.1, 0.15) is 54.4 Å². The Morgan fingerprint density at radius 1 is 1.42 bits per heavy atom. The molecule has 1 aliphatic heterocycles. The molecule has 0 spiro atoms. The van der Waals surface area contributed by atoms with E-state index in [0.29, 0.717) is 6.54 Å². The number of hydrogen-bond acceptors (Lipinski definition) is 2. The first-order valence-electron chi connectivity index (χ1n) is 7.18. The zero-order valence-corrected chi connectivity index (χ0v) is 13.4. The van der Waals surface area contributed by atoms with Crippen molar-refractivity contribution in [1.29, 1.82) is 0 Å². The lowest BCUT2D eigenvalue weighted by atomic mass is 9.98. The van der Waals surface area contributed by atoms with Crippen LogP contribution < -0.4 is 0 Å². The van der Waals surface area contributed by atoms with Crippen molar-refractivity contribution < 1.29 is 9.53 Å². The van der Waals surface area contributed by atoms with E-state index in [0.717, 1.165) is 19.4 Å². The van der Waals surface area contributed by atoms with Crippen molar-refractivity contribution in [3.8, 4) is 0 Å². The molecule has 0 fully saturated rings. The number of carbonyl (C=O) groups is 1. The van der Waals surface area contributed by atoms with E-state index in [4.69, 9.17) is 4.74 Å². The average molecular weight is 267 g/mol. The van der Waals surface area contributed by atoms with Gasteiger partial charge in [-0.3, -0.25) is 0 Å². The maximum absolute atomic E-state index is 11.9. The molecule has 3 heteroatoms. The van der Waals surface area contributed by atoms with Crippen LogP contribution in [-0.2, 0) is 4.74 Å². The molecule has 0 aromatic heterocycles. The van der Waals surface area contributed by atoms with Crippen LogP contribution in [0, 0.1) is 0 Å². The molecule has 0 aromatic rings. The van der Waals surface area contributed by atoms with Crippen LogP contribution >= 0.6 is 0 Å².